The van der Waals surface area contributed by atoms with Gasteiger partial charge in [0.2, 0.25) is 0 Å². The van der Waals surface area contributed by atoms with Gasteiger partial charge >= 0.3 is 0 Å². The fourth-order valence-electron chi connectivity index (χ4n) is 2.68. The van der Waals surface area contributed by atoms with E-state index >= 15 is 0 Å². The van der Waals surface area contributed by atoms with Gasteiger partial charge in [-0.05, 0) is 43.1 Å². The molecule has 15 heavy (non-hydrogen) atoms. The Kier molecular flexibility index (Phi) is 3.93. The van der Waals surface area contributed by atoms with Gasteiger partial charge in [-0.2, -0.15) is 11.8 Å². The number of thioether (sulfide) groups is 1. The van der Waals surface area contributed by atoms with Gasteiger partial charge in [0.15, 0.2) is 0 Å². The molecule has 2 unspecified atom stereocenters. The Morgan fingerprint density at radius 2 is 2.20 bits per heavy atom. The van der Waals surface area contributed by atoms with Crippen LogP contribution in [-0.4, -0.2) is 41.5 Å². The molecule has 2 aliphatic heterocycles. The summed E-state index contributed by atoms with van der Waals surface area (Å²) in [6.07, 6.45) is 3.93. The summed E-state index contributed by atoms with van der Waals surface area (Å²) in [7, 11) is 0. The van der Waals surface area contributed by atoms with E-state index < -0.39 is 0 Å². The number of ether oxygens (including phenoxy) is 1. The van der Waals surface area contributed by atoms with Gasteiger partial charge in [0.25, 0.3) is 0 Å². The quantitative estimate of drug-likeness (QED) is 0.744. The van der Waals surface area contributed by atoms with Gasteiger partial charge in [0.1, 0.15) is 0 Å². The Hall–Kier alpha value is 0.230. The maximum absolute atomic E-state index is 9.81. The van der Waals surface area contributed by atoms with Crippen molar-refractivity contribution in [3.05, 3.63) is 0 Å². The minimum absolute atomic E-state index is 0.0737. The van der Waals surface area contributed by atoms with Crippen molar-refractivity contribution in [2.24, 2.45) is 11.7 Å². The van der Waals surface area contributed by atoms with E-state index in [0.29, 0.717) is 12.5 Å². The Balaban J connectivity index is 1.96. The molecule has 0 bridgehead atoms. The number of aliphatic hydroxyl groups is 1. The summed E-state index contributed by atoms with van der Waals surface area (Å²) >= 11 is 2.01. The van der Waals surface area contributed by atoms with Gasteiger partial charge in [0, 0.05) is 13.2 Å². The standard InChI is InChI=1S/C11H21NO2S/c12-8-10(13)9-1-4-14-11(7-9)2-5-15-6-3-11/h9-10,13H,1-8,12H2. The topological polar surface area (TPSA) is 55.5 Å². The Morgan fingerprint density at radius 3 is 2.87 bits per heavy atom. The molecule has 2 fully saturated rings. The Labute approximate surface area is 95.7 Å². The molecule has 0 amide bonds. The Morgan fingerprint density at radius 1 is 1.47 bits per heavy atom. The average molecular weight is 231 g/mol. The van der Waals surface area contributed by atoms with E-state index in [9.17, 15) is 5.11 Å². The van der Waals surface area contributed by atoms with E-state index in [4.69, 9.17) is 10.5 Å². The summed E-state index contributed by atoms with van der Waals surface area (Å²) in [6.45, 7) is 1.18. The van der Waals surface area contributed by atoms with Crippen molar-refractivity contribution >= 4 is 11.8 Å². The second-order valence-corrected chi connectivity index (χ2v) is 5.92. The molecule has 2 rings (SSSR count). The lowest BCUT2D eigenvalue weighted by Crippen LogP contribution is -2.46. The van der Waals surface area contributed by atoms with E-state index in [2.05, 4.69) is 0 Å². The van der Waals surface area contributed by atoms with Crippen molar-refractivity contribution < 1.29 is 9.84 Å². The fourth-order valence-corrected chi connectivity index (χ4v) is 3.92. The van der Waals surface area contributed by atoms with Crippen LogP contribution in [-0.2, 0) is 4.74 Å². The maximum Gasteiger partial charge on any atom is 0.0701 e. The molecule has 0 aromatic rings. The van der Waals surface area contributed by atoms with Gasteiger partial charge in [-0.3, -0.25) is 0 Å². The summed E-state index contributed by atoms with van der Waals surface area (Å²) in [6, 6.07) is 0. The van der Waals surface area contributed by atoms with Crippen molar-refractivity contribution in [2.45, 2.75) is 37.4 Å². The van der Waals surface area contributed by atoms with Crippen LogP contribution in [0.2, 0.25) is 0 Å². The molecule has 1 spiro atoms. The van der Waals surface area contributed by atoms with Crippen LogP contribution < -0.4 is 5.73 Å². The second kappa shape index (κ2) is 5.04. The molecule has 2 atom stereocenters. The van der Waals surface area contributed by atoms with Crippen molar-refractivity contribution in [1.82, 2.24) is 0 Å². The summed E-state index contributed by atoms with van der Waals surface area (Å²) in [5.74, 6) is 2.75. The molecule has 2 aliphatic rings. The molecule has 3 N–H and O–H groups in total. The van der Waals surface area contributed by atoms with Gasteiger partial charge in [-0.25, -0.2) is 0 Å². The minimum atomic E-state index is -0.333. The zero-order valence-corrected chi connectivity index (χ0v) is 9.97. The third kappa shape index (κ3) is 2.67. The first-order valence-corrected chi connectivity index (χ1v) is 7.01. The third-order valence-corrected chi connectivity index (χ3v) is 4.71. The van der Waals surface area contributed by atoms with E-state index in [1.54, 1.807) is 0 Å². The Bertz CT molecular complexity index is 201. The van der Waals surface area contributed by atoms with Crippen LogP contribution in [0, 0.1) is 5.92 Å². The molecule has 2 heterocycles. The van der Waals surface area contributed by atoms with Crippen LogP contribution in [0.15, 0.2) is 0 Å². The number of hydrogen-bond donors (Lipinski definition) is 2. The second-order valence-electron chi connectivity index (χ2n) is 4.70. The van der Waals surface area contributed by atoms with Crippen LogP contribution in [0.3, 0.4) is 0 Å². The number of aliphatic hydroxyl groups excluding tert-OH is 1. The molecular weight excluding hydrogens is 210 g/mol. The highest BCUT2D eigenvalue weighted by Crippen LogP contribution is 2.40. The highest BCUT2D eigenvalue weighted by atomic mass is 32.2. The molecule has 0 radical (unpaired) electrons. The van der Waals surface area contributed by atoms with Crippen LogP contribution in [0.25, 0.3) is 0 Å². The summed E-state index contributed by atoms with van der Waals surface area (Å²) in [4.78, 5) is 0. The van der Waals surface area contributed by atoms with Crippen molar-refractivity contribution in [3.8, 4) is 0 Å². The molecule has 88 valence electrons. The monoisotopic (exact) mass is 231 g/mol. The smallest absolute Gasteiger partial charge is 0.0701 e. The van der Waals surface area contributed by atoms with E-state index in [-0.39, 0.29) is 11.7 Å². The van der Waals surface area contributed by atoms with Gasteiger partial charge in [0.05, 0.1) is 11.7 Å². The lowest BCUT2D eigenvalue weighted by Gasteiger charge is -2.44. The van der Waals surface area contributed by atoms with E-state index in [1.165, 1.54) is 11.5 Å². The highest BCUT2D eigenvalue weighted by Gasteiger charge is 2.40. The lowest BCUT2D eigenvalue weighted by atomic mass is 9.79. The van der Waals surface area contributed by atoms with Gasteiger partial charge < -0.3 is 15.6 Å². The number of rotatable bonds is 2. The lowest BCUT2D eigenvalue weighted by molar-refractivity contribution is -0.119. The molecule has 3 nitrogen and oxygen atoms in total. The van der Waals surface area contributed by atoms with Crippen molar-refractivity contribution in [3.63, 3.8) is 0 Å². The molecule has 0 aliphatic carbocycles. The predicted octanol–water partition coefficient (Wildman–Crippen LogP) is 0.998. The van der Waals surface area contributed by atoms with Crippen LogP contribution in [0.5, 0.6) is 0 Å². The number of nitrogens with two attached hydrogens (primary N) is 1. The predicted molar refractivity (Wildman–Crippen MR) is 63.0 cm³/mol. The normalized spacial score (nSPS) is 32.8. The first-order valence-electron chi connectivity index (χ1n) is 5.86. The first kappa shape index (κ1) is 11.7. The molecule has 0 saturated carbocycles. The van der Waals surface area contributed by atoms with Crippen molar-refractivity contribution in [1.29, 1.82) is 0 Å². The maximum atomic E-state index is 9.81. The zero-order valence-electron chi connectivity index (χ0n) is 9.15. The first-order chi connectivity index (χ1) is 7.26. The van der Waals surface area contributed by atoms with Crippen LogP contribution in [0.4, 0.5) is 0 Å². The number of hydrogen-bond acceptors (Lipinski definition) is 4. The van der Waals surface area contributed by atoms with E-state index in [0.717, 1.165) is 32.3 Å². The molecule has 2 saturated heterocycles. The molecule has 4 heteroatoms. The zero-order chi connectivity index (χ0) is 10.7. The van der Waals surface area contributed by atoms with Gasteiger partial charge in [-0.1, -0.05) is 0 Å². The largest absolute Gasteiger partial charge is 0.392 e. The summed E-state index contributed by atoms with van der Waals surface area (Å²) in [5, 5.41) is 9.81. The molecule has 0 aromatic carbocycles. The summed E-state index contributed by atoms with van der Waals surface area (Å²) in [5.41, 5.74) is 5.60. The minimum Gasteiger partial charge on any atom is -0.392 e. The van der Waals surface area contributed by atoms with Gasteiger partial charge in [-0.15, -0.1) is 0 Å². The summed E-state index contributed by atoms with van der Waals surface area (Å²) < 4.78 is 5.97. The highest BCUT2D eigenvalue weighted by molar-refractivity contribution is 7.99. The van der Waals surface area contributed by atoms with Crippen LogP contribution in [0.1, 0.15) is 25.7 Å². The van der Waals surface area contributed by atoms with E-state index in [1.807, 2.05) is 11.8 Å². The molecular formula is C11H21NO2S. The average Bonchev–Trinajstić information content (AvgIpc) is 2.29. The van der Waals surface area contributed by atoms with Crippen molar-refractivity contribution in [2.75, 3.05) is 24.7 Å². The third-order valence-electron chi connectivity index (χ3n) is 3.72. The fraction of sp³-hybridized carbons (Fsp3) is 1.00. The SMILES string of the molecule is NCC(O)C1CCOC2(CCSCC2)C1. The van der Waals surface area contributed by atoms with Crippen LogP contribution >= 0.6 is 11.8 Å². The molecule has 0 aromatic heterocycles.